The highest BCUT2D eigenvalue weighted by Gasteiger charge is 2.39. The Morgan fingerprint density at radius 1 is 1.02 bits per heavy atom. The Hall–Kier alpha value is -3.88. The van der Waals surface area contributed by atoms with Crippen molar-refractivity contribution < 1.29 is 31.4 Å². The van der Waals surface area contributed by atoms with Crippen LogP contribution in [0.4, 0.5) is 36.3 Å². The summed E-state index contributed by atoms with van der Waals surface area (Å²) in [4.78, 5) is 14.5. The van der Waals surface area contributed by atoms with Crippen molar-refractivity contribution in [3.8, 4) is 5.75 Å². The molecule has 3 heterocycles. The topological polar surface area (TPSA) is 132 Å². The van der Waals surface area contributed by atoms with Gasteiger partial charge in [0.25, 0.3) is 0 Å². The first-order chi connectivity index (χ1) is 22.5. The molecule has 1 atom stereocenters. The fraction of sp³-hybridized carbons (Fsp3) is 0.471. The number of likely N-dealkylation sites (tertiary alicyclic amines) is 1. The molecule has 14 heteroatoms. The van der Waals surface area contributed by atoms with Crippen LogP contribution in [0.3, 0.4) is 0 Å². The lowest BCUT2D eigenvalue weighted by Gasteiger charge is -2.34. The lowest BCUT2D eigenvalue weighted by molar-refractivity contribution is -0.208. The van der Waals surface area contributed by atoms with Crippen molar-refractivity contribution in [2.24, 2.45) is 0 Å². The Bertz CT molecular complexity index is 1870. The number of anilines is 4. The molecule has 2 aromatic heterocycles. The number of β-amino-alcohol motifs (C(OH)–C–C–N with tert-alkyl or cyclic N) is 1. The number of H-pyrrole nitrogens is 1. The zero-order chi connectivity index (χ0) is 35.0. The molecule has 1 saturated heterocycles. The number of nitrogens with one attached hydrogen (secondary N) is 3. The van der Waals surface area contributed by atoms with E-state index in [0.29, 0.717) is 54.5 Å². The van der Waals surface area contributed by atoms with Crippen LogP contribution in [0.2, 0.25) is 0 Å². The number of aliphatic hydroxyl groups excluding tert-OH is 1. The van der Waals surface area contributed by atoms with E-state index in [1.54, 1.807) is 43.0 Å². The van der Waals surface area contributed by atoms with Crippen LogP contribution >= 0.6 is 0 Å². The molecule has 0 unspecified atom stereocenters. The first-order valence-corrected chi connectivity index (χ1v) is 17.6. The number of halogens is 3. The summed E-state index contributed by atoms with van der Waals surface area (Å²) in [7, 11) is -3.59. The van der Waals surface area contributed by atoms with Gasteiger partial charge in [-0.2, -0.15) is 23.1 Å². The standard InChI is InChI=1S/C34H43F3N6O4S/c1-19(2)47-27-16-24(23-11-13-43(14-12-23)18-29(44)34(35,36)37)21(5)15-26(27)40-33-41-31-30(22(6)17-38-31)32(42-33)39-25-9-7-8-10-28(25)48(45,46)20(3)4/h7-10,15-17,19-20,23,29,44H,11-14,18H2,1-6H3,(H3,38,39,40,41,42)/t29-/m0/s1. The van der Waals surface area contributed by atoms with Crippen LogP contribution in [0.25, 0.3) is 11.0 Å². The SMILES string of the molecule is Cc1cc(Nc2nc(Nc3ccccc3S(=O)(=O)C(C)C)c3c(C)c[nH]c3n2)c(OC(C)C)cc1C1CCN(C[C@H](O)C(F)(F)F)CC1. The van der Waals surface area contributed by atoms with Crippen LogP contribution in [0.5, 0.6) is 5.75 Å². The normalized spacial score (nSPS) is 15.8. The maximum atomic E-state index is 13.2. The van der Waals surface area contributed by atoms with Crippen LogP contribution in [0.15, 0.2) is 47.5 Å². The summed E-state index contributed by atoms with van der Waals surface area (Å²) >= 11 is 0. The van der Waals surface area contributed by atoms with Crippen LogP contribution in [0, 0.1) is 13.8 Å². The van der Waals surface area contributed by atoms with Gasteiger partial charge in [-0.3, -0.25) is 0 Å². The fourth-order valence-corrected chi connectivity index (χ4v) is 7.22. The molecule has 4 N–H and O–H groups in total. The molecule has 5 rings (SSSR count). The second-order valence-corrected chi connectivity index (χ2v) is 15.4. The van der Waals surface area contributed by atoms with Crippen molar-refractivity contribution in [2.75, 3.05) is 30.3 Å². The molecule has 0 spiro atoms. The summed E-state index contributed by atoms with van der Waals surface area (Å²) in [6.45, 7) is 11.5. The van der Waals surface area contributed by atoms with Gasteiger partial charge in [0.05, 0.1) is 33.0 Å². The molecule has 1 aliphatic rings. The van der Waals surface area contributed by atoms with Gasteiger partial charge in [-0.05, 0) is 114 Å². The van der Waals surface area contributed by atoms with Gasteiger partial charge in [-0.1, -0.05) is 12.1 Å². The summed E-state index contributed by atoms with van der Waals surface area (Å²) in [6, 6.07) is 10.7. The third-order valence-electron chi connectivity index (χ3n) is 8.61. The number of hydrogen-bond acceptors (Lipinski definition) is 9. The van der Waals surface area contributed by atoms with E-state index < -0.39 is 33.9 Å². The molecule has 10 nitrogen and oxygen atoms in total. The lowest BCUT2D eigenvalue weighted by Crippen LogP contribution is -2.44. The number of fused-ring (bicyclic) bond motifs is 1. The van der Waals surface area contributed by atoms with Crippen LogP contribution < -0.4 is 15.4 Å². The van der Waals surface area contributed by atoms with Crippen molar-refractivity contribution >= 4 is 44.0 Å². The number of benzene rings is 2. The predicted octanol–water partition coefficient (Wildman–Crippen LogP) is 7.13. The number of para-hydroxylation sites is 1. The fourth-order valence-electron chi connectivity index (χ4n) is 6.02. The minimum absolute atomic E-state index is 0.111. The quantitative estimate of drug-likeness (QED) is 0.130. The minimum atomic E-state index is -4.64. The van der Waals surface area contributed by atoms with E-state index in [-0.39, 0.29) is 22.9 Å². The van der Waals surface area contributed by atoms with Crippen molar-refractivity contribution in [1.82, 2.24) is 19.9 Å². The Morgan fingerprint density at radius 3 is 2.35 bits per heavy atom. The molecule has 48 heavy (non-hydrogen) atoms. The molecular weight excluding hydrogens is 645 g/mol. The first kappa shape index (κ1) is 35.4. The van der Waals surface area contributed by atoms with Crippen LogP contribution in [-0.4, -0.2) is 76.6 Å². The molecule has 4 aromatic rings. The molecule has 1 fully saturated rings. The smallest absolute Gasteiger partial charge is 0.415 e. The number of nitrogens with zero attached hydrogens (tertiary/aromatic N) is 3. The largest absolute Gasteiger partial charge is 0.489 e. The number of aryl methyl sites for hydroxylation is 2. The average molecular weight is 689 g/mol. The Morgan fingerprint density at radius 2 is 1.71 bits per heavy atom. The Labute approximate surface area is 279 Å². The van der Waals surface area contributed by atoms with Crippen molar-refractivity contribution in [3.63, 3.8) is 0 Å². The number of aromatic amines is 1. The highest BCUT2D eigenvalue weighted by Crippen LogP contribution is 2.39. The number of hydrogen-bond donors (Lipinski definition) is 4. The Kier molecular flexibility index (Phi) is 10.3. The summed E-state index contributed by atoms with van der Waals surface area (Å²) in [5.74, 6) is 1.37. The number of alkyl halides is 3. The summed E-state index contributed by atoms with van der Waals surface area (Å²) in [6.07, 6.45) is -4.04. The number of aromatic nitrogens is 3. The summed E-state index contributed by atoms with van der Waals surface area (Å²) < 4.78 is 71.2. The van der Waals surface area contributed by atoms with E-state index in [1.165, 1.54) is 0 Å². The molecule has 1 aliphatic heterocycles. The van der Waals surface area contributed by atoms with E-state index in [2.05, 4.69) is 15.6 Å². The monoisotopic (exact) mass is 688 g/mol. The van der Waals surface area contributed by atoms with Gasteiger partial charge in [0.2, 0.25) is 5.95 Å². The van der Waals surface area contributed by atoms with Crippen molar-refractivity contribution in [3.05, 3.63) is 59.3 Å². The van der Waals surface area contributed by atoms with Gasteiger partial charge in [-0.25, -0.2) is 8.42 Å². The van der Waals surface area contributed by atoms with Gasteiger partial charge in [-0.15, -0.1) is 0 Å². The lowest BCUT2D eigenvalue weighted by atomic mass is 9.86. The minimum Gasteiger partial charge on any atom is -0.489 e. The van der Waals surface area contributed by atoms with Crippen molar-refractivity contribution in [1.29, 1.82) is 0 Å². The van der Waals surface area contributed by atoms with Crippen LogP contribution in [0.1, 0.15) is 63.1 Å². The molecule has 0 aliphatic carbocycles. The molecular formula is C34H43F3N6O4S. The Balaban J connectivity index is 1.45. The highest BCUT2D eigenvalue weighted by atomic mass is 32.2. The number of sulfone groups is 1. The third-order valence-corrected chi connectivity index (χ3v) is 10.8. The van der Waals surface area contributed by atoms with E-state index in [0.717, 1.165) is 22.1 Å². The first-order valence-electron chi connectivity index (χ1n) is 16.1. The van der Waals surface area contributed by atoms with Crippen molar-refractivity contribution in [2.45, 2.75) is 88.8 Å². The number of rotatable bonds is 11. The van der Waals surface area contributed by atoms with Gasteiger partial charge < -0.3 is 30.4 Å². The summed E-state index contributed by atoms with van der Waals surface area (Å²) in [5.41, 5.74) is 4.50. The second-order valence-electron chi connectivity index (χ2n) is 12.9. The number of piperidine rings is 1. The molecule has 0 saturated carbocycles. The molecule has 0 radical (unpaired) electrons. The molecule has 2 aromatic carbocycles. The van der Waals surface area contributed by atoms with E-state index >= 15 is 0 Å². The zero-order valence-corrected chi connectivity index (χ0v) is 28.8. The number of aliphatic hydroxyl groups is 1. The second kappa shape index (κ2) is 13.9. The maximum absolute atomic E-state index is 13.2. The maximum Gasteiger partial charge on any atom is 0.415 e. The van der Waals surface area contributed by atoms with Gasteiger partial charge in [0, 0.05) is 12.7 Å². The van der Waals surface area contributed by atoms with E-state index in [4.69, 9.17) is 14.7 Å². The molecule has 0 bridgehead atoms. The van der Waals surface area contributed by atoms with Gasteiger partial charge in [0.1, 0.15) is 17.2 Å². The van der Waals surface area contributed by atoms with Gasteiger partial charge >= 0.3 is 6.18 Å². The van der Waals surface area contributed by atoms with Gasteiger partial charge in [0.15, 0.2) is 15.9 Å². The van der Waals surface area contributed by atoms with Crippen LogP contribution in [-0.2, 0) is 9.84 Å². The predicted molar refractivity (Wildman–Crippen MR) is 181 cm³/mol. The molecule has 0 amide bonds. The summed E-state index contributed by atoms with van der Waals surface area (Å²) in [5, 5.41) is 16.2. The van der Waals surface area contributed by atoms with E-state index in [1.807, 2.05) is 46.0 Å². The molecule has 260 valence electrons. The number of ether oxygens (including phenoxy) is 1. The average Bonchev–Trinajstić information content (AvgIpc) is 3.38. The third kappa shape index (κ3) is 7.71. The highest BCUT2D eigenvalue weighted by molar-refractivity contribution is 7.92. The zero-order valence-electron chi connectivity index (χ0n) is 27.9. The van der Waals surface area contributed by atoms with E-state index in [9.17, 15) is 26.7 Å².